The summed E-state index contributed by atoms with van der Waals surface area (Å²) >= 11 is 0. The van der Waals surface area contributed by atoms with E-state index in [1.165, 1.54) is 11.1 Å². The topological polar surface area (TPSA) is 23.5 Å². The van der Waals surface area contributed by atoms with Crippen molar-refractivity contribution < 1.29 is 5.11 Å². The maximum absolute atomic E-state index is 9.62. The number of fused-ring (bicyclic) bond motifs is 1. The molecule has 2 rings (SSSR count). The van der Waals surface area contributed by atoms with Gasteiger partial charge in [-0.3, -0.25) is 4.90 Å². The molecule has 0 amide bonds. The van der Waals surface area contributed by atoms with Crippen molar-refractivity contribution in [1.82, 2.24) is 4.90 Å². The lowest BCUT2D eigenvalue weighted by Crippen LogP contribution is -2.36. The molecule has 1 N–H and O–H groups in total. The molecule has 1 heterocycles. The van der Waals surface area contributed by atoms with Crippen molar-refractivity contribution in [2.24, 2.45) is 0 Å². The van der Waals surface area contributed by atoms with Crippen LogP contribution in [0, 0.1) is 0 Å². The van der Waals surface area contributed by atoms with Crippen molar-refractivity contribution in [3.05, 3.63) is 35.4 Å². The van der Waals surface area contributed by atoms with Crippen molar-refractivity contribution in [1.29, 1.82) is 0 Å². The molecule has 0 saturated carbocycles. The van der Waals surface area contributed by atoms with Gasteiger partial charge < -0.3 is 5.11 Å². The highest BCUT2D eigenvalue weighted by Gasteiger charge is 2.17. The zero-order chi connectivity index (χ0) is 10.7. The number of rotatable bonds is 3. The summed E-state index contributed by atoms with van der Waals surface area (Å²) < 4.78 is 0. The number of hydrogen-bond donors (Lipinski definition) is 1. The lowest BCUT2D eigenvalue weighted by atomic mass is 9.99. The minimum Gasteiger partial charge on any atom is -0.392 e. The van der Waals surface area contributed by atoms with Crippen LogP contribution in [0.2, 0.25) is 0 Å². The Morgan fingerprint density at radius 2 is 2.07 bits per heavy atom. The minimum atomic E-state index is -0.171. The fraction of sp³-hybridized carbons (Fsp3) is 0.538. The summed E-state index contributed by atoms with van der Waals surface area (Å²) in [5.41, 5.74) is 2.90. The lowest BCUT2D eigenvalue weighted by Gasteiger charge is -2.30. The first-order valence-corrected chi connectivity index (χ1v) is 5.76. The molecule has 0 fully saturated rings. The third-order valence-corrected chi connectivity index (χ3v) is 3.15. The standard InChI is InChI=1S/C13H19NO/c1-2-13(15)10-14-8-7-11-5-3-4-6-12(11)9-14/h3-6,13,15H,2,7-10H2,1H3/t13-/m1/s1. The molecule has 0 aliphatic carbocycles. The van der Waals surface area contributed by atoms with Crippen LogP contribution >= 0.6 is 0 Å². The van der Waals surface area contributed by atoms with Crippen molar-refractivity contribution in [2.45, 2.75) is 32.4 Å². The summed E-state index contributed by atoms with van der Waals surface area (Å²) in [4.78, 5) is 2.34. The third-order valence-electron chi connectivity index (χ3n) is 3.15. The fourth-order valence-corrected chi connectivity index (χ4v) is 2.14. The van der Waals surface area contributed by atoms with E-state index in [1.807, 2.05) is 6.92 Å². The van der Waals surface area contributed by atoms with Crippen molar-refractivity contribution in [3.8, 4) is 0 Å². The van der Waals surface area contributed by atoms with Crippen LogP contribution in [0.1, 0.15) is 24.5 Å². The average Bonchev–Trinajstić information content (AvgIpc) is 2.29. The van der Waals surface area contributed by atoms with Gasteiger partial charge in [0.1, 0.15) is 0 Å². The van der Waals surface area contributed by atoms with E-state index in [1.54, 1.807) is 0 Å². The van der Waals surface area contributed by atoms with Crippen LogP contribution < -0.4 is 0 Å². The van der Waals surface area contributed by atoms with E-state index in [9.17, 15) is 5.11 Å². The van der Waals surface area contributed by atoms with Gasteiger partial charge in [0, 0.05) is 19.6 Å². The van der Waals surface area contributed by atoms with Crippen molar-refractivity contribution >= 4 is 0 Å². The van der Waals surface area contributed by atoms with Crippen molar-refractivity contribution in [2.75, 3.05) is 13.1 Å². The molecule has 1 aromatic carbocycles. The molecule has 2 nitrogen and oxygen atoms in total. The van der Waals surface area contributed by atoms with E-state index < -0.39 is 0 Å². The van der Waals surface area contributed by atoms with Gasteiger partial charge in [-0.15, -0.1) is 0 Å². The molecule has 0 spiro atoms. The van der Waals surface area contributed by atoms with Gasteiger partial charge in [-0.05, 0) is 24.0 Å². The van der Waals surface area contributed by atoms with Crippen LogP contribution in [0.15, 0.2) is 24.3 Å². The summed E-state index contributed by atoms with van der Waals surface area (Å²) in [6.07, 6.45) is 1.79. The number of β-amino-alcohol motifs (C(OH)–C–C–N with tert-alkyl or cyclic N) is 1. The van der Waals surface area contributed by atoms with Crippen LogP contribution in [0.3, 0.4) is 0 Å². The zero-order valence-corrected chi connectivity index (χ0v) is 9.32. The molecule has 0 aromatic heterocycles. The Hall–Kier alpha value is -0.860. The average molecular weight is 205 g/mol. The van der Waals surface area contributed by atoms with E-state index in [0.29, 0.717) is 0 Å². The number of benzene rings is 1. The Bertz CT molecular complexity index is 324. The Balaban J connectivity index is 1.99. The highest BCUT2D eigenvalue weighted by Crippen LogP contribution is 2.18. The Morgan fingerprint density at radius 1 is 1.33 bits per heavy atom. The zero-order valence-electron chi connectivity index (χ0n) is 9.32. The monoisotopic (exact) mass is 205 g/mol. The second kappa shape index (κ2) is 4.77. The smallest absolute Gasteiger partial charge is 0.0664 e. The Kier molecular flexibility index (Phi) is 3.39. The van der Waals surface area contributed by atoms with Crippen LogP contribution in [0.4, 0.5) is 0 Å². The first-order valence-electron chi connectivity index (χ1n) is 5.76. The van der Waals surface area contributed by atoms with Crippen molar-refractivity contribution in [3.63, 3.8) is 0 Å². The van der Waals surface area contributed by atoms with Gasteiger partial charge >= 0.3 is 0 Å². The second-order valence-electron chi connectivity index (χ2n) is 4.32. The number of nitrogens with zero attached hydrogens (tertiary/aromatic N) is 1. The Morgan fingerprint density at radius 3 is 2.80 bits per heavy atom. The SMILES string of the molecule is CC[C@@H](O)CN1CCc2ccccc2C1. The normalized spacial score (nSPS) is 18.5. The number of aliphatic hydroxyl groups is 1. The summed E-state index contributed by atoms with van der Waals surface area (Å²) in [7, 11) is 0. The van der Waals surface area contributed by atoms with Crippen LogP contribution in [0.5, 0.6) is 0 Å². The van der Waals surface area contributed by atoms with Gasteiger partial charge in [0.05, 0.1) is 6.10 Å². The molecule has 15 heavy (non-hydrogen) atoms. The molecular formula is C13H19NO. The lowest BCUT2D eigenvalue weighted by molar-refractivity contribution is 0.102. The first-order chi connectivity index (χ1) is 7.29. The van der Waals surface area contributed by atoms with Crippen LogP contribution in [-0.2, 0) is 13.0 Å². The number of hydrogen-bond acceptors (Lipinski definition) is 2. The van der Waals surface area contributed by atoms with Crippen LogP contribution in [0.25, 0.3) is 0 Å². The first kappa shape index (κ1) is 10.7. The molecule has 0 saturated heterocycles. The summed E-state index contributed by atoms with van der Waals surface area (Å²) in [6, 6.07) is 8.61. The van der Waals surface area contributed by atoms with E-state index in [-0.39, 0.29) is 6.10 Å². The highest BCUT2D eigenvalue weighted by atomic mass is 16.3. The molecule has 0 bridgehead atoms. The quantitative estimate of drug-likeness (QED) is 0.813. The summed E-state index contributed by atoms with van der Waals surface area (Å²) in [5, 5.41) is 9.62. The second-order valence-corrected chi connectivity index (χ2v) is 4.32. The summed E-state index contributed by atoms with van der Waals surface area (Å²) in [5.74, 6) is 0. The highest BCUT2D eigenvalue weighted by molar-refractivity contribution is 5.29. The van der Waals surface area contributed by atoms with E-state index >= 15 is 0 Å². The molecular weight excluding hydrogens is 186 g/mol. The molecule has 2 heteroatoms. The maximum atomic E-state index is 9.62. The van der Waals surface area contributed by atoms with Gasteiger partial charge in [-0.1, -0.05) is 31.2 Å². The molecule has 0 radical (unpaired) electrons. The van der Waals surface area contributed by atoms with E-state index in [2.05, 4.69) is 29.2 Å². The third kappa shape index (κ3) is 2.58. The molecule has 0 unspecified atom stereocenters. The Labute approximate surface area is 91.5 Å². The predicted molar refractivity (Wildman–Crippen MR) is 61.7 cm³/mol. The molecule has 1 aromatic rings. The fourth-order valence-electron chi connectivity index (χ4n) is 2.14. The van der Waals surface area contributed by atoms with Gasteiger partial charge in [-0.2, -0.15) is 0 Å². The van der Waals surface area contributed by atoms with Gasteiger partial charge in [0.25, 0.3) is 0 Å². The largest absolute Gasteiger partial charge is 0.392 e. The van der Waals surface area contributed by atoms with E-state index in [0.717, 1.165) is 32.5 Å². The molecule has 1 atom stereocenters. The molecule has 1 aliphatic rings. The predicted octanol–water partition coefficient (Wildman–Crippen LogP) is 1.82. The maximum Gasteiger partial charge on any atom is 0.0664 e. The van der Waals surface area contributed by atoms with Crippen LogP contribution in [-0.4, -0.2) is 29.2 Å². The minimum absolute atomic E-state index is 0.171. The van der Waals surface area contributed by atoms with Gasteiger partial charge in [0.2, 0.25) is 0 Å². The van der Waals surface area contributed by atoms with E-state index in [4.69, 9.17) is 0 Å². The molecule has 82 valence electrons. The molecule has 1 aliphatic heterocycles. The van der Waals surface area contributed by atoms with Gasteiger partial charge in [0.15, 0.2) is 0 Å². The van der Waals surface area contributed by atoms with Gasteiger partial charge in [-0.25, -0.2) is 0 Å². The number of aliphatic hydroxyl groups excluding tert-OH is 1. The summed E-state index contributed by atoms with van der Waals surface area (Å²) in [6.45, 7) is 4.91.